The van der Waals surface area contributed by atoms with Gasteiger partial charge in [0.1, 0.15) is 11.6 Å². The van der Waals surface area contributed by atoms with E-state index in [4.69, 9.17) is 13.1 Å². The number of carbonyl (C=O) groups is 2. The van der Waals surface area contributed by atoms with Gasteiger partial charge >= 0.3 is 0 Å². The van der Waals surface area contributed by atoms with E-state index < -0.39 is 10.8 Å². The summed E-state index contributed by atoms with van der Waals surface area (Å²) in [6.45, 7) is 43.2. The number of thioether (sulfide) groups is 2. The molecule has 7 aromatic carbocycles. The third-order valence-electron chi connectivity index (χ3n) is 29.7. The van der Waals surface area contributed by atoms with E-state index in [0.29, 0.717) is 64.8 Å². The molecule has 2 atom stereocenters. The van der Waals surface area contributed by atoms with Crippen molar-refractivity contribution in [2.24, 2.45) is 11.8 Å². The van der Waals surface area contributed by atoms with Gasteiger partial charge in [0.15, 0.2) is 11.6 Å². The minimum Gasteiger partial charge on any atom is -0.289 e. The Labute approximate surface area is 849 Å². The molecule has 0 bridgehead atoms. The molecule has 6 nitrogen and oxygen atoms in total. The second-order valence-electron chi connectivity index (χ2n) is 38.7. The predicted molar refractivity (Wildman–Crippen MR) is 588 cm³/mol. The summed E-state index contributed by atoms with van der Waals surface area (Å²) in [7, 11) is 0. The Kier molecular flexibility index (Phi) is 31.8. The molecule has 4 aliphatic rings. The average Bonchev–Trinajstić information content (AvgIpc) is 1.48. The summed E-state index contributed by atoms with van der Waals surface area (Å²) < 4.78 is 40.9. The summed E-state index contributed by atoms with van der Waals surface area (Å²) in [5, 5.41) is 23.9. The number of nitrogens with zero attached hydrogens (tertiary/aromatic N) is 4. The zero-order chi connectivity index (χ0) is 96.8. The molecule has 0 saturated carbocycles. The maximum absolute atomic E-state index is 18.9. The number of carbonyl (C=O) groups excluding carboxylic acids is 2. The number of thiophene rings is 6. The van der Waals surface area contributed by atoms with E-state index in [1.54, 1.807) is 91.5 Å². The number of rotatable bonds is 42. The molecule has 0 amide bonds. The summed E-state index contributed by atoms with van der Waals surface area (Å²) in [5.74, 6) is 1.27. The fourth-order valence-electron chi connectivity index (χ4n) is 21.7. The van der Waals surface area contributed by atoms with Crippen molar-refractivity contribution >= 4 is 147 Å². The normalized spacial score (nSPS) is 15.5. The van der Waals surface area contributed by atoms with Gasteiger partial charge in [0.25, 0.3) is 11.4 Å². The van der Waals surface area contributed by atoms with Crippen molar-refractivity contribution in [2.45, 2.75) is 282 Å². The highest BCUT2D eigenvalue weighted by Crippen LogP contribution is 2.71. The number of aryl methyl sites for hydroxylation is 8. The number of ketones is 2. The Morgan fingerprint density at radius 2 is 0.710 bits per heavy atom. The van der Waals surface area contributed by atoms with Crippen LogP contribution in [0.5, 0.6) is 0 Å². The minimum atomic E-state index is -1.15. The van der Waals surface area contributed by atoms with Crippen LogP contribution in [-0.2, 0) is 36.5 Å². The van der Waals surface area contributed by atoms with Crippen molar-refractivity contribution in [1.29, 1.82) is 10.5 Å². The third-order valence-corrected chi connectivity index (χ3v) is 39.8. The molecule has 0 N–H and O–H groups in total. The van der Waals surface area contributed by atoms with Crippen LogP contribution < -0.4 is 0 Å². The van der Waals surface area contributed by atoms with E-state index in [1.807, 2.05) is 76.2 Å². The van der Waals surface area contributed by atoms with Crippen LogP contribution in [-0.4, -0.2) is 23.1 Å². The molecule has 16 heteroatoms. The van der Waals surface area contributed by atoms with Crippen molar-refractivity contribution in [3.05, 3.63) is 324 Å². The highest BCUT2D eigenvalue weighted by molar-refractivity contribution is 8.01. The molecule has 0 aliphatic heterocycles. The first-order valence-corrected chi connectivity index (χ1v) is 57.5. The standard InChI is InChI=1S/C122H124F2N4O2S8/c1-15-23-29-33-39-79-43-51-83(52-44-79)121(84-53-45-80(46-54-84)40-34-30-24-16-2)95-65-87(63-93-103(99(69-125)127-13)89-59-73(9)75(11)61-91(89)111(93)129)133-113(95)117-109(121)107-105(101-67-97(123)119(135-101)131-71-77(21-7)37-27-19-5)116-108(106(115(107)137-117)102-68-98(124)120(136-102)132-72-78(22-8)38-28-20-6)110-118(138-116)114-96(66-88(134-114)64-94-104(100(70-126)128-14)90-60-74(10)76(12)62-92(90)112(94)130)122(110,85-55-47-81(48-56-85)41-35-31-25-17-3)86-57-49-82(50-58-86)42-36-32-26-18-4/h43-68,77-78H,15-42,71-72H2,1-12H3/b93-63-,94-64-,103-99-,104-100+. The summed E-state index contributed by atoms with van der Waals surface area (Å²) >= 11 is 13.2. The number of fused-ring (bicyclic) bond motifs is 12. The van der Waals surface area contributed by atoms with Crippen molar-refractivity contribution in [2.75, 3.05) is 11.5 Å². The Balaban J connectivity index is 1.06. The van der Waals surface area contributed by atoms with Gasteiger partial charge in [-0.05, 0) is 252 Å². The lowest BCUT2D eigenvalue weighted by Gasteiger charge is -2.35. The number of hydrogen-bond acceptors (Lipinski definition) is 12. The zero-order valence-corrected chi connectivity index (χ0v) is 88.5. The molecule has 0 spiro atoms. The number of nitriles is 2. The van der Waals surface area contributed by atoms with Crippen molar-refractivity contribution in [3.8, 4) is 52.5 Å². The number of halogens is 2. The van der Waals surface area contributed by atoms with Gasteiger partial charge in [-0.25, -0.2) is 29.0 Å². The van der Waals surface area contributed by atoms with Gasteiger partial charge in [-0.1, -0.05) is 280 Å². The molecule has 6 aromatic heterocycles. The quantitative estimate of drug-likeness (QED) is 0.0124. The predicted octanol–water partition coefficient (Wildman–Crippen LogP) is 37.9. The number of hydrogen-bond donors (Lipinski definition) is 0. The monoisotopic (exact) mass is 1970 g/mol. The smallest absolute Gasteiger partial charge is 0.270 e. The number of benzene rings is 7. The van der Waals surface area contributed by atoms with Crippen LogP contribution >= 0.6 is 91.5 Å². The second kappa shape index (κ2) is 44.1. The third kappa shape index (κ3) is 18.8. The zero-order valence-electron chi connectivity index (χ0n) is 82.0. The molecule has 0 radical (unpaired) electrons. The van der Waals surface area contributed by atoms with Crippen molar-refractivity contribution in [1.82, 2.24) is 0 Å². The molecule has 4 aliphatic carbocycles. The van der Waals surface area contributed by atoms with Crippen LogP contribution in [0.1, 0.15) is 340 Å². The van der Waals surface area contributed by atoms with Crippen molar-refractivity contribution in [3.63, 3.8) is 0 Å². The fraction of sp³-hybridized carbons (Fsp3) is 0.377. The molecule has 0 saturated heterocycles. The highest BCUT2D eigenvalue weighted by atomic mass is 32.2. The summed E-state index contributed by atoms with van der Waals surface area (Å²) in [5.41, 5.74) is 19.8. The van der Waals surface area contributed by atoms with E-state index >= 15 is 18.4 Å². The lowest BCUT2D eigenvalue weighted by atomic mass is 9.66. The first-order chi connectivity index (χ1) is 67.2. The molecule has 13 aromatic rings. The summed E-state index contributed by atoms with van der Waals surface area (Å²) in [4.78, 5) is 46.2. The lowest BCUT2D eigenvalue weighted by Crippen LogP contribution is -2.29. The number of Topliss-reactive ketones (excluding diaryl/α,β-unsaturated/α-hetero) is 2. The maximum atomic E-state index is 18.9. The van der Waals surface area contributed by atoms with E-state index in [2.05, 4.69) is 186 Å². The van der Waals surface area contributed by atoms with Crippen LogP contribution in [0, 0.1) is 87.0 Å². The molecule has 17 rings (SSSR count). The molecule has 138 heavy (non-hydrogen) atoms. The van der Waals surface area contributed by atoms with Gasteiger partial charge in [0, 0.05) is 95.7 Å². The van der Waals surface area contributed by atoms with E-state index in [1.165, 1.54) is 22.3 Å². The first kappa shape index (κ1) is 99.6. The summed E-state index contributed by atoms with van der Waals surface area (Å²) in [6.07, 6.45) is 33.7. The fourth-order valence-corrected chi connectivity index (χ4v) is 32.3. The minimum absolute atomic E-state index is 0.142. The highest BCUT2D eigenvalue weighted by Gasteiger charge is 2.55. The maximum Gasteiger partial charge on any atom is 0.270 e. The molecule has 706 valence electrons. The van der Waals surface area contributed by atoms with Crippen LogP contribution in [0.2, 0.25) is 0 Å². The largest absolute Gasteiger partial charge is 0.289 e. The van der Waals surface area contributed by atoms with Gasteiger partial charge in [-0.2, -0.15) is 0 Å². The van der Waals surface area contributed by atoms with Gasteiger partial charge in [0.05, 0.1) is 64.0 Å². The van der Waals surface area contributed by atoms with Gasteiger partial charge in [-0.3, -0.25) is 9.59 Å². The first-order valence-electron chi connectivity index (χ1n) is 50.6. The van der Waals surface area contributed by atoms with Crippen molar-refractivity contribution < 1.29 is 18.4 Å². The van der Waals surface area contributed by atoms with Crippen LogP contribution in [0.4, 0.5) is 8.78 Å². The van der Waals surface area contributed by atoms with E-state index in [9.17, 15) is 10.5 Å². The molecular formula is C122H124F2N4O2S8. The average molecular weight is 1970 g/mol. The van der Waals surface area contributed by atoms with Gasteiger partial charge in [-0.15, -0.1) is 91.5 Å². The molecule has 6 heterocycles. The molecular weight excluding hydrogens is 1850 g/mol. The van der Waals surface area contributed by atoms with E-state index in [0.717, 1.165) is 328 Å². The van der Waals surface area contributed by atoms with Gasteiger partial charge in [0.2, 0.25) is 0 Å². The SMILES string of the molecule is [C-]#[N+]/C(C#N)=C1\C(=C\c2cc3c(s2)-c2sc4c(-c5cc(F)c(SCC(CC)CCCC)s5)c5c6c(sc5c(-c5cc(F)c(SCC(CC)CCCC)s5)c4c2C3(c2ccc(CCCCCC)cc2)c2ccc(CCCCCC)cc2)-c2sc(/C=C3\C(=O)c4cc(C)c(C)cc4\C3=C(\C#N)[N+]#[C-])cc2C6(c2ccc(CCCCCC)cc2)c2ccc(CCCCCC)cc2)C(=O)c2cc(C)c(C)cc21. The Hall–Kier alpha value is -9.92. The molecule has 0 fully saturated rings. The Bertz CT molecular complexity index is 6550. The Morgan fingerprint density at radius 3 is 1.00 bits per heavy atom. The van der Waals surface area contributed by atoms with Gasteiger partial charge < -0.3 is 0 Å². The van der Waals surface area contributed by atoms with Crippen LogP contribution in [0.15, 0.2) is 177 Å². The number of allylic oxidation sites excluding steroid dienone is 6. The molecule has 2 unspecified atom stereocenters. The lowest BCUT2D eigenvalue weighted by molar-refractivity contribution is 0.103. The van der Waals surface area contributed by atoms with E-state index in [-0.39, 0.29) is 34.6 Å². The summed E-state index contributed by atoms with van der Waals surface area (Å²) in [6, 6.07) is 58.3. The second-order valence-corrected chi connectivity index (χ2v) is 47.6. The van der Waals surface area contributed by atoms with Crippen LogP contribution in [0.25, 0.3) is 93.6 Å². The van der Waals surface area contributed by atoms with Crippen LogP contribution in [0.3, 0.4) is 0 Å². The topological polar surface area (TPSA) is 90.4 Å². The number of unbranched alkanes of at least 4 members (excludes halogenated alkanes) is 14. The Morgan fingerprint density at radius 1 is 0.399 bits per heavy atom.